The summed E-state index contributed by atoms with van der Waals surface area (Å²) in [6, 6.07) is 10.6. The zero-order valence-electron chi connectivity index (χ0n) is 19.5. The molecule has 3 rings (SSSR count). The van der Waals surface area contributed by atoms with E-state index in [1.54, 1.807) is 24.0 Å². The second kappa shape index (κ2) is 11.8. The number of carbonyl (C=O) groups is 2. The summed E-state index contributed by atoms with van der Waals surface area (Å²) in [6.07, 6.45) is 5.41. The molecule has 5 nitrogen and oxygen atoms in total. The molecule has 1 aliphatic carbocycles. The highest BCUT2D eigenvalue weighted by Crippen LogP contribution is 2.24. The first-order valence-electron chi connectivity index (χ1n) is 11.5. The molecule has 0 aromatic heterocycles. The molecule has 2 aromatic carbocycles. The molecule has 2 aromatic rings. The number of ether oxygens (including phenoxy) is 1. The van der Waals surface area contributed by atoms with Gasteiger partial charge in [0.05, 0.1) is 10.0 Å². The third-order valence-corrected chi connectivity index (χ3v) is 6.89. The molecule has 0 bridgehead atoms. The van der Waals surface area contributed by atoms with E-state index in [-0.39, 0.29) is 31.0 Å². The summed E-state index contributed by atoms with van der Waals surface area (Å²) in [4.78, 5) is 27.9. The summed E-state index contributed by atoms with van der Waals surface area (Å²) in [6.45, 7) is 5.73. The standard InChI is InChI=1S/C26H32Cl2N2O3/c1-17-9-10-18(2)24(13-17)33-16-25(31)30(15-20-11-12-22(27)23(28)14-20)19(3)26(32)29-21-7-5-4-6-8-21/h9-14,19,21H,4-8,15-16H2,1-3H3,(H,29,32)/t19-/m1/s1. The third-order valence-electron chi connectivity index (χ3n) is 6.15. The number of hydrogen-bond acceptors (Lipinski definition) is 3. The van der Waals surface area contributed by atoms with Crippen LogP contribution in [0.2, 0.25) is 10.0 Å². The Morgan fingerprint density at radius 3 is 2.48 bits per heavy atom. The van der Waals surface area contributed by atoms with Gasteiger partial charge in [-0.2, -0.15) is 0 Å². The molecule has 1 N–H and O–H groups in total. The van der Waals surface area contributed by atoms with E-state index in [2.05, 4.69) is 5.32 Å². The molecule has 1 saturated carbocycles. The summed E-state index contributed by atoms with van der Waals surface area (Å²) in [5.41, 5.74) is 2.80. The Morgan fingerprint density at radius 2 is 1.79 bits per heavy atom. The van der Waals surface area contributed by atoms with Crippen molar-refractivity contribution in [2.45, 2.75) is 71.5 Å². The molecule has 1 aliphatic rings. The highest BCUT2D eigenvalue weighted by molar-refractivity contribution is 6.42. The van der Waals surface area contributed by atoms with Crippen LogP contribution in [0.15, 0.2) is 36.4 Å². The van der Waals surface area contributed by atoms with Gasteiger partial charge >= 0.3 is 0 Å². The largest absolute Gasteiger partial charge is 0.483 e. The van der Waals surface area contributed by atoms with E-state index < -0.39 is 6.04 Å². The topological polar surface area (TPSA) is 58.6 Å². The van der Waals surface area contributed by atoms with Crippen LogP contribution >= 0.6 is 23.2 Å². The normalized spacial score (nSPS) is 15.1. The second-order valence-electron chi connectivity index (χ2n) is 8.85. The fourth-order valence-electron chi connectivity index (χ4n) is 4.07. The molecular weight excluding hydrogens is 459 g/mol. The number of benzene rings is 2. The first-order chi connectivity index (χ1) is 15.7. The lowest BCUT2D eigenvalue weighted by molar-refractivity contribution is -0.142. The van der Waals surface area contributed by atoms with Crippen LogP contribution in [0.1, 0.15) is 55.7 Å². The minimum atomic E-state index is -0.656. The van der Waals surface area contributed by atoms with Gasteiger partial charge in [0.15, 0.2) is 6.61 Å². The van der Waals surface area contributed by atoms with E-state index in [1.807, 2.05) is 38.1 Å². The van der Waals surface area contributed by atoms with Crippen molar-refractivity contribution in [3.05, 3.63) is 63.1 Å². The molecular formula is C26H32Cl2N2O3. The van der Waals surface area contributed by atoms with Crippen molar-refractivity contribution >= 4 is 35.0 Å². The van der Waals surface area contributed by atoms with Gasteiger partial charge in [-0.3, -0.25) is 9.59 Å². The second-order valence-corrected chi connectivity index (χ2v) is 9.66. The van der Waals surface area contributed by atoms with Crippen LogP contribution in [-0.2, 0) is 16.1 Å². The number of nitrogens with zero attached hydrogens (tertiary/aromatic N) is 1. The van der Waals surface area contributed by atoms with Crippen LogP contribution < -0.4 is 10.1 Å². The third kappa shape index (κ3) is 7.12. The molecule has 1 atom stereocenters. The van der Waals surface area contributed by atoms with Gasteiger partial charge in [-0.25, -0.2) is 0 Å². The molecule has 0 unspecified atom stereocenters. The molecule has 0 radical (unpaired) electrons. The van der Waals surface area contributed by atoms with Crippen LogP contribution in [0.5, 0.6) is 5.75 Å². The van der Waals surface area contributed by atoms with Gasteiger partial charge in [0.25, 0.3) is 5.91 Å². The number of aryl methyl sites for hydroxylation is 2. The van der Waals surface area contributed by atoms with Crippen LogP contribution in [0.4, 0.5) is 0 Å². The predicted molar refractivity (Wildman–Crippen MR) is 133 cm³/mol. The summed E-state index contributed by atoms with van der Waals surface area (Å²) in [5.74, 6) is 0.243. The number of hydrogen-bond donors (Lipinski definition) is 1. The molecule has 0 saturated heterocycles. The van der Waals surface area contributed by atoms with Crippen molar-refractivity contribution in [2.24, 2.45) is 0 Å². The average Bonchev–Trinajstić information content (AvgIpc) is 2.80. The van der Waals surface area contributed by atoms with Crippen molar-refractivity contribution in [1.29, 1.82) is 0 Å². The Kier molecular flexibility index (Phi) is 9.04. The van der Waals surface area contributed by atoms with E-state index in [4.69, 9.17) is 27.9 Å². The van der Waals surface area contributed by atoms with Crippen molar-refractivity contribution in [3.8, 4) is 5.75 Å². The minimum Gasteiger partial charge on any atom is -0.483 e. The Hall–Kier alpha value is -2.24. The highest BCUT2D eigenvalue weighted by Gasteiger charge is 2.28. The van der Waals surface area contributed by atoms with E-state index >= 15 is 0 Å². The van der Waals surface area contributed by atoms with Crippen LogP contribution in [0.25, 0.3) is 0 Å². The first kappa shape index (κ1) is 25.4. The quantitative estimate of drug-likeness (QED) is 0.504. The SMILES string of the molecule is Cc1ccc(C)c(OCC(=O)N(Cc2ccc(Cl)c(Cl)c2)[C@H](C)C(=O)NC2CCCCC2)c1. The zero-order valence-corrected chi connectivity index (χ0v) is 21.0. The molecule has 1 fully saturated rings. The minimum absolute atomic E-state index is 0.151. The van der Waals surface area contributed by atoms with Gasteiger partial charge in [-0.05, 0) is 68.5 Å². The van der Waals surface area contributed by atoms with Crippen LogP contribution in [0.3, 0.4) is 0 Å². The van der Waals surface area contributed by atoms with Gasteiger partial charge < -0.3 is 15.0 Å². The molecule has 2 amide bonds. The molecule has 7 heteroatoms. The maximum absolute atomic E-state index is 13.3. The van der Waals surface area contributed by atoms with Crippen molar-refractivity contribution in [1.82, 2.24) is 10.2 Å². The Bertz CT molecular complexity index is 989. The number of amides is 2. The molecule has 0 aliphatic heterocycles. The molecule has 0 spiro atoms. The van der Waals surface area contributed by atoms with Gasteiger partial charge in [-0.1, -0.05) is 60.7 Å². The van der Waals surface area contributed by atoms with E-state index in [1.165, 1.54) is 6.42 Å². The van der Waals surface area contributed by atoms with Crippen molar-refractivity contribution in [2.75, 3.05) is 6.61 Å². The Balaban J connectivity index is 1.75. The van der Waals surface area contributed by atoms with E-state index in [0.29, 0.717) is 15.8 Å². The van der Waals surface area contributed by atoms with Gasteiger partial charge in [0, 0.05) is 12.6 Å². The monoisotopic (exact) mass is 490 g/mol. The predicted octanol–water partition coefficient (Wildman–Crippen LogP) is 5.86. The lowest BCUT2D eigenvalue weighted by Crippen LogP contribution is -2.51. The molecule has 33 heavy (non-hydrogen) atoms. The number of nitrogens with one attached hydrogen (secondary N) is 1. The smallest absolute Gasteiger partial charge is 0.261 e. The highest BCUT2D eigenvalue weighted by atomic mass is 35.5. The fourth-order valence-corrected chi connectivity index (χ4v) is 4.39. The zero-order chi connectivity index (χ0) is 24.0. The lowest BCUT2D eigenvalue weighted by Gasteiger charge is -2.31. The number of rotatable bonds is 8. The first-order valence-corrected chi connectivity index (χ1v) is 12.2. The van der Waals surface area contributed by atoms with Crippen LogP contribution in [-0.4, -0.2) is 35.4 Å². The summed E-state index contributed by atoms with van der Waals surface area (Å²) in [5, 5.41) is 3.98. The van der Waals surface area contributed by atoms with Gasteiger partial charge in [0.2, 0.25) is 5.91 Å². The van der Waals surface area contributed by atoms with Crippen molar-refractivity contribution in [3.63, 3.8) is 0 Å². The number of halogens is 2. The van der Waals surface area contributed by atoms with Crippen LogP contribution in [0, 0.1) is 13.8 Å². The van der Waals surface area contributed by atoms with Crippen molar-refractivity contribution < 1.29 is 14.3 Å². The maximum atomic E-state index is 13.3. The molecule has 178 valence electrons. The average molecular weight is 491 g/mol. The summed E-state index contributed by atoms with van der Waals surface area (Å²) < 4.78 is 5.85. The Morgan fingerprint density at radius 1 is 1.06 bits per heavy atom. The van der Waals surface area contributed by atoms with Gasteiger partial charge in [-0.15, -0.1) is 0 Å². The van der Waals surface area contributed by atoms with Gasteiger partial charge in [0.1, 0.15) is 11.8 Å². The maximum Gasteiger partial charge on any atom is 0.261 e. The van der Waals surface area contributed by atoms with E-state index in [0.717, 1.165) is 42.4 Å². The number of carbonyl (C=O) groups excluding carboxylic acids is 2. The lowest BCUT2D eigenvalue weighted by atomic mass is 9.95. The summed E-state index contributed by atoms with van der Waals surface area (Å²) in [7, 11) is 0. The van der Waals surface area contributed by atoms with E-state index in [9.17, 15) is 9.59 Å². The Labute approximate surface area is 206 Å². The summed E-state index contributed by atoms with van der Waals surface area (Å²) >= 11 is 12.2. The fraction of sp³-hybridized carbons (Fsp3) is 0.462. The molecule has 0 heterocycles.